The van der Waals surface area contributed by atoms with Gasteiger partial charge in [-0.1, -0.05) is 19.3 Å². The first kappa shape index (κ1) is 15.3. The fourth-order valence-electron chi connectivity index (χ4n) is 2.60. The summed E-state index contributed by atoms with van der Waals surface area (Å²) in [5.74, 6) is -0.668. The summed E-state index contributed by atoms with van der Waals surface area (Å²) >= 11 is 0.967. The molecule has 0 radical (unpaired) electrons. The molecule has 112 valence electrons. The van der Waals surface area contributed by atoms with Crippen LogP contribution in [0.3, 0.4) is 0 Å². The molecule has 0 aromatic carbocycles. The van der Waals surface area contributed by atoms with Crippen LogP contribution in [0.5, 0.6) is 0 Å². The monoisotopic (exact) mass is 317 g/mol. The van der Waals surface area contributed by atoms with E-state index in [2.05, 4.69) is 4.72 Å². The van der Waals surface area contributed by atoms with Crippen LogP contribution in [0.4, 0.5) is 5.00 Å². The predicted octanol–water partition coefficient (Wildman–Crippen LogP) is 3.08. The number of carboxylic acid groups (broad SMARTS) is 1. The maximum atomic E-state index is 12.1. The average molecular weight is 317 g/mol. The molecule has 1 heterocycles. The molecule has 1 aromatic heterocycles. The van der Waals surface area contributed by atoms with Crippen molar-refractivity contribution in [3.8, 4) is 0 Å². The summed E-state index contributed by atoms with van der Waals surface area (Å²) in [6.45, 7) is 1.67. The van der Waals surface area contributed by atoms with E-state index in [9.17, 15) is 13.2 Å². The highest BCUT2D eigenvalue weighted by Crippen LogP contribution is 2.29. The van der Waals surface area contributed by atoms with E-state index in [0.29, 0.717) is 10.6 Å². The van der Waals surface area contributed by atoms with E-state index in [0.717, 1.165) is 37.0 Å². The maximum absolute atomic E-state index is 12.1. The fourth-order valence-corrected chi connectivity index (χ4v) is 5.32. The third-order valence-electron chi connectivity index (χ3n) is 3.55. The van der Waals surface area contributed by atoms with Crippen LogP contribution in [0.2, 0.25) is 0 Å². The largest absolute Gasteiger partial charge is 0.477 e. The van der Waals surface area contributed by atoms with E-state index in [1.165, 1.54) is 6.42 Å². The summed E-state index contributed by atoms with van der Waals surface area (Å²) in [6, 6.07) is 1.58. The van der Waals surface area contributed by atoms with E-state index in [1.54, 1.807) is 13.0 Å². The van der Waals surface area contributed by atoms with Crippen LogP contribution in [0.25, 0.3) is 0 Å². The summed E-state index contributed by atoms with van der Waals surface area (Å²) in [5.41, 5.74) is 0.581. The second kappa shape index (κ2) is 6.13. The van der Waals surface area contributed by atoms with Crippen molar-refractivity contribution in [1.29, 1.82) is 0 Å². The SMILES string of the molecule is Cc1cc(NS(=O)(=O)CC2CCCCC2)sc1C(=O)O. The fraction of sp³-hybridized carbons (Fsp3) is 0.615. The van der Waals surface area contributed by atoms with E-state index < -0.39 is 16.0 Å². The van der Waals surface area contributed by atoms with Gasteiger partial charge in [-0.25, -0.2) is 13.2 Å². The Balaban J connectivity index is 2.04. The molecule has 2 rings (SSSR count). The zero-order valence-electron chi connectivity index (χ0n) is 11.4. The Hall–Kier alpha value is -1.08. The second-order valence-electron chi connectivity index (χ2n) is 5.32. The van der Waals surface area contributed by atoms with E-state index in [4.69, 9.17) is 5.11 Å². The number of nitrogens with one attached hydrogen (secondary N) is 1. The van der Waals surface area contributed by atoms with Crippen molar-refractivity contribution in [3.05, 3.63) is 16.5 Å². The van der Waals surface area contributed by atoms with Gasteiger partial charge in [0.15, 0.2) is 0 Å². The highest BCUT2D eigenvalue weighted by Gasteiger charge is 2.22. The summed E-state index contributed by atoms with van der Waals surface area (Å²) in [6.07, 6.45) is 5.31. The van der Waals surface area contributed by atoms with Gasteiger partial charge in [0.25, 0.3) is 0 Å². The van der Waals surface area contributed by atoms with Crippen molar-refractivity contribution in [2.24, 2.45) is 5.92 Å². The van der Waals surface area contributed by atoms with Crippen molar-refractivity contribution >= 4 is 32.3 Å². The number of aryl methyl sites for hydroxylation is 1. The summed E-state index contributed by atoms with van der Waals surface area (Å²) in [4.78, 5) is 11.1. The minimum atomic E-state index is -3.40. The smallest absolute Gasteiger partial charge is 0.346 e. The van der Waals surface area contributed by atoms with Gasteiger partial charge in [-0.15, -0.1) is 11.3 Å². The number of hydrogen-bond donors (Lipinski definition) is 2. The number of anilines is 1. The molecule has 1 aliphatic carbocycles. The van der Waals surface area contributed by atoms with E-state index >= 15 is 0 Å². The molecule has 0 amide bonds. The van der Waals surface area contributed by atoms with Crippen LogP contribution in [0.1, 0.15) is 47.3 Å². The number of carbonyl (C=O) groups is 1. The normalized spacial score (nSPS) is 17.1. The van der Waals surface area contributed by atoms with Gasteiger partial charge in [0.2, 0.25) is 10.0 Å². The van der Waals surface area contributed by atoms with Gasteiger partial charge in [0.1, 0.15) is 9.88 Å². The van der Waals surface area contributed by atoms with E-state index in [1.807, 2.05) is 0 Å². The molecule has 1 aliphatic rings. The molecule has 5 nitrogen and oxygen atoms in total. The standard InChI is InChI=1S/C13H19NO4S2/c1-9-7-11(19-12(9)13(15)16)14-20(17,18)8-10-5-3-2-4-6-10/h7,10,14H,2-6,8H2,1H3,(H,15,16). The molecule has 0 atom stereocenters. The molecule has 0 bridgehead atoms. The lowest BCUT2D eigenvalue weighted by molar-refractivity contribution is 0.0701. The Labute approximate surface area is 123 Å². The number of thiophene rings is 1. The molecule has 20 heavy (non-hydrogen) atoms. The highest BCUT2D eigenvalue weighted by atomic mass is 32.2. The first-order chi connectivity index (χ1) is 9.37. The Morgan fingerprint density at radius 2 is 2.05 bits per heavy atom. The highest BCUT2D eigenvalue weighted by molar-refractivity contribution is 7.92. The van der Waals surface area contributed by atoms with Crippen molar-refractivity contribution in [2.75, 3.05) is 10.5 Å². The number of carboxylic acids is 1. The lowest BCUT2D eigenvalue weighted by Crippen LogP contribution is -2.23. The summed E-state index contributed by atoms with van der Waals surface area (Å²) in [7, 11) is -3.40. The molecule has 2 N–H and O–H groups in total. The summed E-state index contributed by atoms with van der Waals surface area (Å²) < 4.78 is 26.7. The molecule has 0 saturated heterocycles. The number of hydrogen-bond acceptors (Lipinski definition) is 4. The molecular weight excluding hydrogens is 298 g/mol. The van der Waals surface area contributed by atoms with Crippen LogP contribution in [0.15, 0.2) is 6.07 Å². The van der Waals surface area contributed by atoms with Crippen LogP contribution in [-0.4, -0.2) is 25.2 Å². The molecule has 0 unspecified atom stereocenters. The van der Waals surface area contributed by atoms with Crippen molar-refractivity contribution in [1.82, 2.24) is 0 Å². The Bertz CT molecular complexity index is 586. The van der Waals surface area contributed by atoms with Gasteiger partial charge in [-0.05, 0) is 37.3 Å². The topological polar surface area (TPSA) is 83.5 Å². The minimum absolute atomic E-state index is 0.131. The van der Waals surface area contributed by atoms with Crippen LogP contribution in [-0.2, 0) is 10.0 Å². The van der Waals surface area contributed by atoms with Crippen molar-refractivity contribution < 1.29 is 18.3 Å². The molecular formula is C13H19NO4S2. The third kappa shape index (κ3) is 3.96. The van der Waals surface area contributed by atoms with Crippen LogP contribution >= 0.6 is 11.3 Å². The van der Waals surface area contributed by atoms with Crippen molar-refractivity contribution in [3.63, 3.8) is 0 Å². The van der Waals surface area contributed by atoms with Crippen LogP contribution < -0.4 is 4.72 Å². The number of rotatable bonds is 5. The first-order valence-corrected chi connectivity index (χ1v) is 9.18. The Morgan fingerprint density at radius 1 is 1.40 bits per heavy atom. The predicted molar refractivity (Wildman–Crippen MR) is 80.0 cm³/mol. The Kier molecular flexibility index (Phi) is 4.70. The molecule has 0 aliphatic heterocycles. The Morgan fingerprint density at radius 3 is 2.60 bits per heavy atom. The zero-order valence-corrected chi connectivity index (χ0v) is 13.0. The van der Waals surface area contributed by atoms with Crippen LogP contribution in [0, 0.1) is 12.8 Å². The molecule has 1 aromatic rings. The third-order valence-corrected chi connectivity index (χ3v) is 6.26. The van der Waals surface area contributed by atoms with Gasteiger partial charge in [0.05, 0.1) is 5.75 Å². The van der Waals surface area contributed by atoms with E-state index in [-0.39, 0.29) is 16.5 Å². The lowest BCUT2D eigenvalue weighted by Gasteiger charge is -2.21. The van der Waals surface area contributed by atoms with Gasteiger partial charge in [-0.2, -0.15) is 0 Å². The second-order valence-corrected chi connectivity index (χ2v) is 8.13. The maximum Gasteiger partial charge on any atom is 0.346 e. The van der Waals surface area contributed by atoms with Gasteiger partial charge >= 0.3 is 5.97 Å². The quantitative estimate of drug-likeness (QED) is 0.874. The minimum Gasteiger partial charge on any atom is -0.477 e. The number of aromatic carboxylic acids is 1. The molecule has 1 saturated carbocycles. The number of sulfonamides is 1. The van der Waals surface area contributed by atoms with Crippen molar-refractivity contribution in [2.45, 2.75) is 39.0 Å². The molecule has 0 spiro atoms. The first-order valence-electron chi connectivity index (χ1n) is 6.71. The lowest BCUT2D eigenvalue weighted by atomic mass is 9.91. The molecule has 1 fully saturated rings. The zero-order chi connectivity index (χ0) is 14.8. The molecule has 7 heteroatoms. The van der Waals surface area contributed by atoms with Gasteiger partial charge in [0, 0.05) is 0 Å². The van der Waals surface area contributed by atoms with Gasteiger partial charge < -0.3 is 5.11 Å². The van der Waals surface area contributed by atoms with Gasteiger partial charge in [-0.3, -0.25) is 4.72 Å². The summed E-state index contributed by atoms with van der Waals surface area (Å²) in [5, 5.41) is 9.36. The average Bonchev–Trinajstić information content (AvgIpc) is 2.70.